The van der Waals surface area contributed by atoms with Crippen LogP contribution in [0.3, 0.4) is 0 Å². The molecule has 164 valence electrons. The van der Waals surface area contributed by atoms with Crippen LogP contribution in [-0.4, -0.2) is 24.1 Å². The van der Waals surface area contributed by atoms with Crippen molar-refractivity contribution in [3.05, 3.63) is 77.5 Å². The van der Waals surface area contributed by atoms with Gasteiger partial charge in [-0.2, -0.15) is 0 Å². The lowest BCUT2D eigenvalue weighted by Gasteiger charge is -2.30. The lowest BCUT2D eigenvalue weighted by atomic mass is 10.1. The van der Waals surface area contributed by atoms with Crippen LogP contribution in [0.25, 0.3) is 17.4 Å². The Bertz CT molecular complexity index is 1120. The number of nitrogens with one attached hydrogen (secondary N) is 2. The van der Waals surface area contributed by atoms with Gasteiger partial charge in [0.1, 0.15) is 11.5 Å². The maximum Gasteiger partial charge on any atom is 0.250 e. The van der Waals surface area contributed by atoms with Crippen molar-refractivity contribution in [3.63, 3.8) is 0 Å². The molecule has 4 rings (SSSR count). The van der Waals surface area contributed by atoms with Crippen LogP contribution in [0.15, 0.2) is 71.2 Å². The van der Waals surface area contributed by atoms with E-state index in [9.17, 15) is 4.79 Å². The molecule has 0 aliphatic carbocycles. The number of anilines is 2. The molecule has 32 heavy (non-hydrogen) atoms. The first kappa shape index (κ1) is 22.1. The van der Waals surface area contributed by atoms with Gasteiger partial charge >= 0.3 is 0 Å². The molecule has 5 nitrogen and oxygen atoms in total. The maximum absolute atomic E-state index is 12.3. The van der Waals surface area contributed by atoms with Gasteiger partial charge in [0.15, 0.2) is 5.11 Å². The SMILES string of the molecule is O=C(C=Cc1ccc(-c2ccc(Cl)cc2)o1)NC(=S)Nc1ccccc1N1CCCCC1. The first-order valence-corrected chi connectivity index (χ1v) is 11.4. The van der Waals surface area contributed by atoms with E-state index in [1.54, 1.807) is 24.3 Å². The molecule has 1 fully saturated rings. The number of hydrogen-bond acceptors (Lipinski definition) is 4. The summed E-state index contributed by atoms with van der Waals surface area (Å²) in [5, 5.41) is 6.77. The first-order valence-electron chi connectivity index (χ1n) is 10.6. The number of amides is 1. The molecule has 0 saturated carbocycles. The highest BCUT2D eigenvalue weighted by Gasteiger charge is 2.15. The zero-order valence-electron chi connectivity index (χ0n) is 17.5. The summed E-state index contributed by atoms with van der Waals surface area (Å²) in [6, 6.07) is 19.0. The van der Waals surface area contributed by atoms with E-state index in [0.717, 1.165) is 30.0 Å². The summed E-state index contributed by atoms with van der Waals surface area (Å²) in [4.78, 5) is 14.7. The summed E-state index contributed by atoms with van der Waals surface area (Å²) in [5.74, 6) is 0.940. The Hall–Kier alpha value is -3.09. The number of para-hydroxylation sites is 2. The van der Waals surface area contributed by atoms with Crippen molar-refractivity contribution in [2.75, 3.05) is 23.3 Å². The number of nitrogens with zero attached hydrogens (tertiary/aromatic N) is 1. The van der Waals surface area contributed by atoms with Crippen LogP contribution in [0.5, 0.6) is 0 Å². The Kier molecular flexibility index (Phi) is 7.24. The van der Waals surface area contributed by atoms with Crippen molar-refractivity contribution in [2.24, 2.45) is 0 Å². The van der Waals surface area contributed by atoms with Gasteiger partial charge in [-0.25, -0.2) is 0 Å². The zero-order valence-corrected chi connectivity index (χ0v) is 19.1. The van der Waals surface area contributed by atoms with Crippen molar-refractivity contribution in [3.8, 4) is 11.3 Å². The summed E-state index contributed by atoms with van der Waals surface area (Å²) < 4.78 is 5.78. The summed E-state index contributed by atoms with van der Waals surface area (Å²) >= 11 is 11.3. The van der Waals surface area contributed by atoms with Crippen molar-refractivity contribution in [2.45, 2.75) is 19.3 Å². The molecule has 1 amide bonds. The first-order chi connectivity index (χ1) is 15.6. The molecule has 0 atom stereocenters. The number of rotatable bonds is 5. The predicted molar refractivity (Wildman–Crippen MR) is 135 cm³/mol. The van der Waals surface area contributed by atoms with Gasteiger partial charge in [0.05, 0.1) is 11.4 Å². The van der Waals surface area contributed by atoms with Crippen LogP contribution in [0.1, 0.15) is 25.0 Å². The molecule has 0 spiro atoms. The smallest absolute Gasteiger partial charge is 0.250 e. The van der Waals surface area contributed by atoms with E-state index in [-0.39, 0.29) is 11.0 Å². The van der Waals surface area contributed by atoms with Gasteiger partial charge in [-0.3, -0.25) is 10.1 Å². The highest BCUT2D eigenvalue weighted by atomic mass is 35.5. The molecule has 7 heteroatoms. The second kappa shape index (κ2) is 10.5. The average Bonchev–Trinajstić information content (AvgIpc) is 3.28. The minimum Gasteiger partial charge on any atom is -0.457 e. The van der Waals surface area contributed by atoms with Crippen LogP contribution >= 0.6 is 23.8 Å². The van der Waals surface area contributed by atoms with Gasteiger partial charge in [0, 0.05) is 29.8 Å². The Morgan fingerprint density at radius 1 is 1.00 bits per heavy atom. The molecule has 1 aromatic heterocycles. The van der Waals surface area contributed by atoms with Crippen LogP contribution in [-0.2, 0) is 4.79 Å². The number of halogens is 1. The molecule has 2 aromatic carbocycles. The maximum atomic E-state index is 12.3. The third-order valence-electron chi connectivity index (χ3n) is 5.24. The van der Waals surface area contributed by atoms with Gasteiger partial charge in [0.2, 0.25) is 5.91 Å². The molecular weight excluding hydrogens is 442 g/mol. The minimum absolute atomic E-state index is 0.255. The van der Waals surface area contributed by atoms with E-state index in [1.807, 2.05) is 36.4 Å². The molecular formula is C25H24ClN3O2S. The van der Waals surface area contributed by atoms with E-state index in [4.69, 9.17) is 28.2 Å². The molecule has 1 aliphatic heterocycles. The lowest BCUT2D eigenvalue weighted by Crippen LogP contribution is -2.34. The van der Waals surface area contributed by atoms with Crippen LogP contribution in [0.2, 0.25) is 5.02 Å². The second-order valence-electron chi connectivity index (χ2n) is 7.55. The molecule has 2 N–H and O–H groups in total. The van der Waals surface area contributed by atoms with Crippen molar-refractivity contribution in [1.29, 1.82) is 0 Å². The summed E-state index contributed by atoms with van der Waals surface area (Å²) in [7, 11) is 0. The standard InChI is InChI=1S/C25H24ClN3O2S/c26-19-10-8-18(9-11-19)23-14-12-20(31-23)13-15-24(30)28-25(32)27-21-6-2-3-7-22(21)29-16-4-1-5-17-29/h2-3,6-15H,1,4-5,16-17H2,(H2,27,28,30,32). The third kappa shape index (κ3) is 5.78. The molecule has 1 saturated heterocycles. The third-order valence-corrected chi connectivity index (χ3v) is 5.70. The van der Waals surface area contributed by atoms with Gasteiger partial charge < -0.3 is 14.6 Å². The van der Waals surface area contributed by atoms with Gasteiger partial charge in [-0.05, 0) is 86.1 Å². The fourth-order valence-corrected chi connectivity index (χ4v) is 4.00. The number of carbonyl (C=O) groups is 1. The minimum atomic E-state index is -0.331. The van der Waals surface area contributed by atoms with Crippen LogP contribution in [0.4, 0.5) is 11.4 Å². The summed E-state index contributed by atoms with van der Waals surface area (Å²) in [6.07, 6.45) is 6.65. The fourth-order valence-electron chi connectivity index (χ4n) is 3.67. The average molecular weight is 466 g/mol. The Morgan fingerprint density at radius 2 is 1.75 bits per heavy atom. The Balaban J connectivity index is 1.34. The van der Waals surface area contributed by atoms with E-state index < -0.39 is 0 Å². The summed E-state index contributed by atoms with van der Waals surface area (Å²) in [6.45, 7) is 2.06. The molecule has 3 aromatic rings. The number of piperidine rings is 1. The topological polar surface area (TPSA) is 57.5 Å². The summed E-state index contributed by atoms with van der Waals surface area (Å²) in [5.41, 5.74) is 2.91. The predicted octanol–water partition coefficient (Wildman–Crippen LogP) is 6.12. The number of thiocarbonyl (C=S) groups is 1. The van der Waals surface area contributed by atoms with Crippen LogP contribution < -0.4 is 15.5 Å². The molecule has 1 aliphatic rings. The second-order valence-corrected chi connectivity index (χ2v) is 8.40. The van der Waals surface area contributed by atoms with E-state index >= 15 is 0 Å². The molecule has 0 unspecified atom stereocenters. The number of benzene rings is 2. The highest BCUT2D eigenvalue weighted by Crippen LogP contribution is 2.28. The van der Waals surface area contributed by atoms with E-state index in [0.29, 0.717) is 16.5 Å². The number of carbonyl (C=O) groups excluding carboxylic acids is 1. The monoisotopic (exact) mass is 465 g/mol. The lowest BCUT2D eigenvalue weighted by molar-refractivity contribution is -0.115. The van der Waals surface area contributed by atoms with Crippen molar-refractivity contribution >= 4 is 52.3 Å². The van der Waals surface area contributed by atoms with Crippen molar-refractivity contribution < 1.29 is 9.21 Å². The normalized spacial score (nSPS) is 13.8. The number of furan rings is 1. The van der Waals surface area contributed by atoms with Gasteiger partial charge in [0.25, 0.3) is 0 Å². The zero-order chi connectivity index (χ0) is 22.3. The molecule has 0 bridgehead atoms. The largest absolute Gasteiger partial charge is 0.457 e. The molecule has 2 heterocycles. The molecule has 0 radical (unpaired) electrons. The van der Waals surface area contributed by atoms with E-state index in [1.165, 1.54) is 25.3 Å². The fraction of sp³-hybridized carbons (Fsp3) is 0.200. The number of hydrogen-bond donors (Lipinski definition) is 2. The van der Waals surface area contributed by atoms with Crippen LogP contribution in [0, 0.1) is 0 Å². The Morgan fingerprint density at radius 3 is 2.53 bits per heavy atom. The quantitative estimate of drug-likeness (QED) is 0.351. The van der Waals surface area contributed by atoms with Crippen molar-refractivity contribution in [1.82, 2.24) is 5.32 Å². The van der Waals surface area contributed by atoms with Gasteiger partial charge in [-0.15, -0.1) is 0 Å². The van der Waals surface area contributed by atoms with E-state index in [2.05, 4.69) is 21.6 Å². The Labute approximate surface area is 198 Å². The highest BCUT2D eigenvalue weighted by molar-refractivity contribution is 7.80. The van der Waals surface area contributed by atoms with Gasteiger partial charge in [-0.1, -0.05) is 23.7 Å².